The maximum atomic E-state index is 13.1. The summed E-state index contributed by atoms with van der Waals surface area (Å²) in [6, 6.07) is 4.71. The van der Waals surface area contributed by atoms with Crippen molar-refractivity contribution in [1.82, 2.24) is 14.9 Å². The fourth-order valence-electron chi connectivity index (χ4n) is 1.74. The molecule has 0 saturated heterocycles. The summed E-state index contributed by atoms with van der Waals surface area (Å²) < 4.78 is 16.0. The molecule has 0 amide bonds. The molecule has 0 aliphatic heterocycles. The predicted molar refractivity (Wildman–Crippen MR) is 72.7 cm³/mol. The molecule has 1 aromatic heterocycles. The van der Waals surface area contributed by atoms with Crippen LogP contribution in [0.2, 0.25) is 0 Å². The quantitative estimate of drug-likeness (QED) is 0.860. The van der Waals surface area contributed by atoms with Crippen LogP contribution in [0.3, 0.4) is 0 Å². The number of benzene rings is 1. The fourth-order valence-corrected chi connectivity index (χ4v) is 2.13. The van der Waals surface area contributed by atoms with Crippen LogP contribution in [0.5, 0.6) is 0 Å². The number of hydrogen-bond donors (Lipinski definition) is 1. The fraction of sp³-hybridized carbons (Fsp3) is 0.308. The first kappa shape index (κ1) is 13.2. The lowest BCUT2D eigenvalue weighted by Gasteiger charge is -2.07. The maximum Gasteiger partial charge on any atom is 0.123 e. The van der Waals surface area contributed by atoms with Gasteiger partial charge in [-0.05, 0) is 23.8 Å². The predicted octanol–water partition coefficient (Wildman–Crippen LogP) is 2.65. The van der Waals surface area contributed by atoms with Gasteiger partial charge in [0.15, 0.2) is 0 Å². The smallest absolute Gasteiger partial charge is 0.123 e. The molecule has 1 N–H and O–H groups in total. The van der Waals surface area contributed by atoms with Crippen LogP contribution in [-0.2, 0) is 20.0 Å². The van der Waals surface area contributed by atoms with Crippen LogP contribution < -0.4 is 5.32 Å². The Labute approximate surface area is 114 Å². The topological polar surface area (TPSA) is 29.9 Å². The Balaban J connectivity index is 1.82. The summed E-state index contributed by atoms with van der Waals surface area (Å²) in [5, 5.41) is 3.29. The Morgan fingerprint density at radius 1 is 1.44 bits per heavy atom. The molecule has 0 atom stereocenters. The first-order valence-electron chi connectivity index (χ1n) is 5.77. The number of halogens is 2. The monoisotopic (exact) mass is 311 g/mol. The van der Waals surface area contributed by atoms with E-state index >= 15 is 0 Å². The molecule has 0 bridgehead atoms. The summed E-state index contributed by atoms with van der Waals surface area (Å²) in [4.78, 5) is 4.25. The van der Waals surface area contributed by atoms with Crippen LogP contribution in [-0.4, -0.2) is 16.1 Å². The van der Waals surface area contributed by atoms with Crippen LogP contribution in [0.25, 0.3) is 0 Å². The second kappa shape index (κ2) is 6.11. The molecule has 2 rings (SSSR count). The summed E-state index contributed by atoms with van der Waals surface area (Å²) in [5.41, 5.74) is 0.926. The largest absolute Gasteiger partial charge is 0.338 e. The highest BCUT2D eigenvalue weighted by molar-refractivity contribution is 9.10. The summed E-state index contributed by atoms with van der Waals surface area (Å²) in [7, 11) is 1.98. The van der Waals surface area contributed by atoms with Gasteiger partial charge in [0.25, 0.3) is 0 Å². The van der Waals surface area contributed by atoms with Crippen molar-refractivity contribution >= 4 is 15.9 Å². The third-order valence-corrected chi connectivity index (χ3v) is 3.54. The average molecular weight is 312 g/mol. The van der Waals surface area contributed by atoms with E-state index in [1.807, 2.05) is 17.8 Å². The molecule has 0 radical (unpaired) electrons. The van der Waals surface area contributed by atoms with Crippen molar-refractivity contribution in [2.45, 2.75) is 13.0 Å². The number of imidazole rings is 1. The third kappa shape index (κ3) is 3.40. The number of aryl methyl sites for hydroxylation is 1. The molecule has 0 saturated carbocycles. The molecule has 0 unspecified atom stereocenters. The molecule has 2 aromatic rings. The second-order valence-electron chi connectivity index (χ2n) is 4.12. The van der Waals surface area contributed by atoms with Crippen molar-refractivity contribution in [3.8, 4) is 0 Å². The summed E-state index contributed by atoms with van der Waals surface area (Å²) in [5.74, 6) is 0.833. The van der Waals surface area contributed by atoms with Gasteiger partial charge in [0.1, 0.15) is 11.6 Å². The highest BCUT2D eigenvalue weighted by Crippen LogP contribution is 2.17. The van der Waals surface area contributed by atoms with Crippen LogP contribution in [0.15, 0.2) is 35.1 Å². The molecule has 0 aliphatic carbocycles. The highest BCUT2D eigenvalue weighted by Gasteiger charge is 2.02. The normalized spacial score (nSPS) is 10.8. The van der Waals surface area contributed by atoms with Crippen LogP contribution in [0.1, 0.15) is 11.4 Å². The van der Waals surface area contributed by atoms with Crippen LogP contribution in [0, 0.1) is 5.82 Å². The lowest BCUT2D eigenvalue weighted by atomic mass is 10.2. The molecular formula is C13H15BrFN3. The molecule has 0 aliphatic rings. The van der Waals surface area contributed by atoms with Gasteiger partial charge in [-0.1, -0.05) is 15.9 Å². The molecule has 0 spiro atoms. The van der Waals surface area contributed by atoms with Crippen molar-refractivity contribution < 1.29 is 4.39 Å². The van der Waals surface area contributed by atoms with Gasteiger partial charge in [0, 0.05) is 43.4 Å². The van der Waals surface area contributed by atoms with E-state index in [9.17, 15) is 4.39 Å². The maximum absolute atomic E-state index is 13.1. The number of nitrogens with zero attached hydrogens (tertiary/aromatic N) is 2. The molecule has 0 fully saturated rings. The van der Waals surface area contributed by atoms with E-state index in [0.29, 0.717) is 6.54 Å². The van der Waals surface area contributed by atoms with E-state index in [1.165, 1.54) is 12.1 Å². The molecule has 3 nitrogen and oxygen atoms in total. The van der Waals surface area contributed by atoms with E-state index in [0.717, 1.165) is 28.8 Å². The van der Waals surface area contributed by atoms with Gasteiger partial charge in [0.05, 0.1) is 0 Å². The van der Waals surface area contributed by atoms with Crippen LogP contribution in [0.4, 0.5) is 4.39 Å². The van der Waals surface area contributed by atoms with Gasteiger partial charge in [-0.15, -0.1) is 0 Å². The Kier molecular flexibility index (Phi) is 4.49. The van der Waals surface area contributed by atoms with Gasteiger partial charge in [-0.2, -0.15) is 0 Å². The van der Waals surface area contributed by atoms with E-state index in [1.54, 1.807) is 12.3 Å². The van der Waals surface area contributed by atoms with Crippen molar-refractivity contribution in [1.29, 1.82) is 0 Å². The first-order chi connectivity index (χ1) is 8.66. The first-order valence-corrected chi connectivity index (χ1v) is 6.57. The Morgan fingerprint density at radius 3 is 3.00 bits per heavy atom. The minimum Gasteiger partial charge on any atom is -0.338 e. The second-order valence-corrected chi connectivity index (χ2v) is 4.97. The molecule has 1 heterocycles. The van der Waals surface area contributed by atoms with E-state index in [-0.39, 0.29) is 5.82 Å². The summed E-state index contributed by atoms with van der Waals surface area (Å²) >= 11 is 3.41. The standard InChI is InChI=1S/C13H15BrFN3/c1-18-7-6-17-13(18)4-5-16-9-10-8-11(15)2-3-12(10)14/h2-3,6-8,16H,4-5,9H2,1H3. The number of aromatic nitrogens is 2. The highest BCUT2D eigenvalue weighted by atomic mass is 79.9. The average Bonchev–Trinajstić information content (AvgIpc) is 2.75. The minimum absolute atomic E-state index is 0.209. The van der Waals surface area contributed by atoms with E-state index in [2.05, 4.69) is 26.2 Å². The van der Waals surface area contributed by atoms with Crippen molar-refractivity contribution in [3.63, 3.8) is 0 Å². The summed E-state index contributed by atoms with van der Waals surface area (Å²) in [6.45, 7) is 1.45. The van der Waals surface area contributed by atoms with Crippen molar-refractivity contribution in [2.75, 3.05) is 6.54 Å². The van der Waals surface area contributed by atoms with Gasteiger partial charge in [-0.25, -0.2) is 9.37 Å². The minimum atomic E-state index is -0.209. The Hall–Kier alpha value is -1.20. The van der Waals surface area contributed by atoms with E-state index < -0.39 is 0 Å². The zero-order valence-electron chi connectivity index (χ0n) is 10.2. The van der Waals surface area contributed by atoms with Gasteiger partial charge < -0.3 is 9.88 Å². The van der Waals surface area contributed by atoms with Crippen LogP contribution >= 0.6 is 15.9 Å². The Morgan fingerprint density at radius 2 is 2.28 bits per heavy atom. The van der Waals surface area contributed by atoms with Crippen molar-refractivity contribution in [3.05, 3.63) is 52.3 Å². The van der Waals surface area contributed by atoms with E-state index in [4.69, 9.17) is 0 Å². The number of nitrogens with one attached hydrogen (secondary N) is 1. The zero-order valence-corrected chi connectivity index (χ0v) is 11.7. The lowest BCUT2D eigenvalue weighted by Crippen LogP contribution is -2.18. The Bertz CT molecular complexity index is 525. The van der Waals surface area contributed by atoms with Gasteiger partial charge >= 0.3 is 0 Å². The molecular weight excluding hydrogens is 297 g/mol. The molecule has 96 valence electrons. The molecule has 1 aromatic carbocycles. The molecule has 18 heavy (non-hydrogen) atoms. The summed E-state index contributed by atoms with van der Waals surface area (Å²) in [6.07, 6.45) is 4.58. The van der Waals surface area contributed by atoms with Crippen molar-refractivity contribution in [2.24, 2.45) is 7.05 Å². The van der Waals surface area contributed by atoms with Gasteiger partial charge in [-0.3, -0.25) is 0 Å². The SMILES string of the molecule is Cn1ccnc1CCNCc1cc(F)ccc1Br. The zero-order chi connectivity index (χ0) is 13.0. The third-order valence-electron chi connectivity index (χ3n) is 2.77. The molecule has 5 heteroatoms. The number of hydrogen-bond acceptors (Lipinski definition) is 2. The number of rotatable bonds is 5. The lowest BCUT2D eigenvalue weighted by molar-refractivity contribution is 0.616. The van der Waals surface area contributed by atoms with Gasteiger partial charge in [0.2, 0.25) is 0 Å².